The number of benzene rings is 2. The molecule has 2 aromatic heterocycles. The average Bonchev–Trinajstić information content (AvgIpc) is 3.32. The summed E-state index contributed by atoms with van der Waals surface area (Å²) in [5, 5.41) is 13.7. The molecule has 4 rings (SSSR count). The molecule has 0 aliphatic heterocycles. The van der Waals surface area contributed by atoms with Gasteiger partial charge in [0.05, 0.1) is 34.6 Å². The quantitative estimate of drug-likeness (QED) is 0.252. The molecule has 3 amide bonds. The van der Waals surface area contributed by atoms with Crippen LogP contribution < -0.4 is 25.4 Å². The minimum absolute atomic E-state index is 0.150. The van der Waals surface area contributed by atoms with Crippen LogP contribution in [-0.4, -0.2) is 40.9 Å². The van der Waals surface area contributed by atoms with E-state index in [2.05, 4.69) is 46.8 Å². The van der Waals surface area contributed by atoms with Crippen molar-refractivity contribution < 1.29 is 19.1 Å². The van der Waals surface area contributed by atoms with Gasteiger partial charge in [-0.3, -0.25) is 15.1 Å². The van der Waals surface area contributed by atoms with E-state index in [-0.39, 0.29) is 16.3 Å². The van der Waals surface area contributed by atoms with Crippen LogP contribution in [0.25, 0.3) is 10.9 Å². The molecule has 2 aromatic carbocycles. The van der Waals surface area contributed by atoms with Crippen LogP contribution in [0.3, 0.4) is 0 Å². The number of carbonyl (C=O) groups excluding carboxylic acids is 2. The zero-order valence-corrected chi connectivity index (χ0v) is 23.4. The average molecular weight is 551 g/mol. The maximum absolute atomic E-state index is 12.7. The summed E-state index contributed by atoms with van der Waals surface area (Å²) >= 11 is 6.49. The first kappa shape index (κ1) is 27.7. The molecular formula is C28H31ClN6O4. The molecule has 2 heterocycles. The summed E-state index contributed by atoms with van der Waals surface area (Å²) in [6.07, 6.45) is 1.60. The number of fused-ring (bicyclic) bond motifs is 1. The molecule has 0 spiro atoms. The van der Waals surface area contributed by atoms with Gasteiger partial charge in [-0.25, -0.2) is 9.48 Å². The van der Waals surface area contributed by atoms with Crippen LogP contribution in [0.1, 0.15) is 43.7 Å². The first-order valence-electron chi connectivity index (χ1n) is 12.4. The second-order valence-corrected chi connectivity index (χ2v) is 10.2. The van der Waals surface area contributed by atoms with E-state index >= 15 is 0 Å². The fourth-order valence-corrected chi connectivity index (χ4v) is 4.12. The van der Waals surface area contributed by atoms with E-state index in [0.29, 0.717) is 51.8 Å². The molecule has 204 valence electrons. The SMILES string of the molecule is CCn1nc(C(C)(C)C)cc1NC(=O)Nc1ccc(Oc2ccnc3cc(OC)c(C(=O)NC)cc23)cc1Cl. The lowest BCUT2D eigenvalue weighted by Crippen LogP contribution is -2.21. The molecule has 0 atom stereocenters. The Labute approximate surface area is 231 Å². The molecule has 0 aliphatic rings. The topological polar surface area (TPSA) is 119 Å². The van der Waals surface area contributed by atoms with Crippen LogP contribution >= 0.6 is 11.6 Å². The number of hydrogen-bond acceptors (Lipinski definition) is 6. The Morgan fingerprint density at radius 2 is 1.82 bits per heavy atom. The summed E-state index contributed by atoms with van der Waals surface area (Å²) in [4.78, 5) is 29.5. The molecule has 3 N–H and O–H groups in total. The second kappa shape index (κ2) is 11.2. The highest BCUT2D eigenvalue weighted by molar-refractivity contribution is 6.34. The highest BCUT2D eigenvalue weighted by Gasteiger charge is 2.21. The Hall–Kier alpha value is -4.31. The lowest BCUT2D eigenvalue weighted by molar-refractivity contribution is 0.0960. The Kier molecular flexibility index (Phi) is 7.96. The molecule has 4 aromatic rings. The van der Waals surface area contributed by atoms with E-state index in [9.17, 15) is 9.59 Å². The molecule has 0 saturated carbocycles. The molecule has 0 fully saturated rings. The van der Waals surface area contributed by atoms with Gasteiger partial charge in [-0.15, -0.1) is 0 Å². The Bertz CT molecular complexity index is 1540. The van der Waals surface area contributed by atoms with Gasteiger partial charge in [-0.05, 0) is 31.2 Å². The third kappa shape index (κ3) is 6.06. The number of aromatic nitrogens is 3. The van der Waals surface area contributed by atoms with Crippen molar-refractivity contribution in [2.75, 3.05) is 24.8 Å². The number of carbonyl (C=O) groups is 2. The standard InChI is InChI=1S/C28H31ClN6O4/c1-7-35-25(15-24(34-35)28(2,3)4)33-27(37)32-20-9-8-16(12-19(20)29)39-22-10-11-31-21-14-23(38-6)18(13-17(21)22)26(36)30-5/h8-15H,7H2,1-6H3,(H,30,36)(H2,32,33,37). The summed E-state index contributed by atoms with van der Waals surface area (Å²) in [7, 11) is 3.04. The van der Waals surface area contributed by atoms with Gasteiger partial charge in [0.25, 0.3) is 5.91 Å². The molecule has 11 heteroatoms. The maximum atomic E-state index is 12.7. The van der Waals surface area contributed by atoms with Crippen LogP contribution in [0.4, 0.5) is 16.3 Å². The van der Waals surface area contributed by atoms with Crippen LogP contribution in [0.15, 0.2) is 48.7 Å². The van der Waals surface area contributed by atoms with Crippen molar-refractivity contribution >= 4 is 45.9 Å². The third-order valence-corrected chi connectivity index (χ3v) is 6.31. The Morgan fingerprint density at radius 1 is 1.05 bits per heavy atom. The number of methoxy groups -OCH3 is 1. The molecule has 39 heavy (non-hydrogen) atoms. The monoisotopic (exact) mass is 550 g/mol. The van der Waals surface area contributed by atoms with E-state index in [1.54, 1.807) is 54.3 Å². The molecular weight excluding hydrogens is 520 g/mol. The van der Waals surface area contributed by atoms with Gasteiger partial charge in [0.1, 0.15) is 23.1 Å². The third-order valence-electron chi connectivity index (χ3n) is 6.00. The van der Waals surface area contributed by atoms with E-state index < -0.39 is 6.03 Å². The van der Waals surface area contributed by atoms with Crippen LogP contribution in [0.5, 0.6) is 17.2 Å². The molecule has 0 bridgehead atoms. The molecule has 0 aliphatic carbocycles. The molecule has 0 radical (unpaired) electrons. The lowest BCUT2D eigenvalue weighted by atomic mass is 9.92. The van der Waals surface area contributed by atoms with Gasteiger partial charge >= 0.3 is 6.03 Å². The van der Waals surface area contributed by atoms with Gasteiger partial charge in [0.2, 0.25) is 0 Å². The van der Waals surface area contributed by atoms with Gasteiger partial charge in [0.15, 0.2) is 0 Å². The van der Waals surface area contributed by atoms with Crippen molar-refractivity contribution in [3.8, 4) is 17.2 Å². The molecule has 10 nitrogen and oxygen atoms in total. The number of ether oxygens (including phenoxy) is 2. The highest BCUT2D eigenvalue weighted by atomic mass is 35.5. The zero-order valence-electron chi connectivity index (χ0n) is 22.7. The largest absolute Gasteiger partial charge is 0.496 e. The minimum Gasteiger partial charge on any atom is -0.496 e. The number of anilines is 2. The van der Waals surface area contributed by atoms with E-state index in [1.165, 1.54) is 7.11 Å². The first-order valence-corrected chi connectivity index (χ1v) is 12.7. The van der Waals surface area contributed by atoms with Gasteiger partial charge in [-0.2, -0.15) is 5.10 Å². The predicted molar refractivity (Wildman–Crippen MR) is 152 cm³/mol. The maximum Gasteiger partial charge on any atom is 0.324 e. The zero-order chi connectivity index (χ0) is 28.3. The fraction of sp³-hybridized carbons (Fsp3) is 0.286. The number of pyridine rings is 1. The molecule has 0 unspecified atom stereocenters. The Balaban J connectivity index is 1.53. The van der Waals surface area contributed by atoms with E-state index in [4.69, 9.17) is 21.1 Å². The summed E-state index contributed by atoms with van der Waals surface area (Å²) in [5.74, 6) is 1.62. The highest BCUT2D eigenvalue weighted by Crippen LogP contribution is 2.35. The van der Waals surface area contributed by atoms with Crippen LogP contribution in [0, 0.1) is 0 Å². The summed E-state index contributed by atoms with van der Waals surface area (Å²) in [6.45, 7) is 8.76. The van der Waals surface area contributed by atoms with Gasteiger partial charge < -0.3 is 20.1 Å². The van der Waals surface area contributed by atoms with Crippen molar-refractivity contribution in [2.24, 2.45) is 0 Å². The number of rotatable bonds is 7. The second-order valence-electron chi connectivity index (χ2n) is 9.76. The summed E-state index contributed by atoms with van der Waals surface area (Å²) in [5.41, 5.74) is 2.09. The first-order chi connectivity index (χ1) is 18.5. The smallest absolute Gasteiger partial charge is 0.324 e. The van der Waals surface area contributed by atoms with Crippen LogP contribution in [-0.2, 0) is 12.0 Å². The fourth-order valence-electron chi connectivity index (χ4n) is 3.90. The van der Waals surface area contributed by atoms with Crippen molar-refractivity contribution in [3.05, 3.63) is 64.9 Å². The van der Waals surface area contributed by atoms with Crippen molar-refractivity contribution in [1.82, 2.24) is 20.1 Å². The number of nitrogens with zero attached hydrogens (tertiary/aromatic N) is 3. The number of hydrogen-bond donors (Lipinski definition) is 3. The van der Waals surface area contributed by atoms with Crippen molar-refractivity contribution in [1.29, 1.82) is 0 Å². The normalized spacial score (nSPS) is 11.3. The number of nitrogens with one attached hydrogen (secondary N) is 3. The Morgan fingerprint density at radius 3 is 2.46 bits per heavy atom. The van der Waals surface area contributed by atoms with Gasteiger partial charge in [-0.1, -0.05) is 32.4 Å². The van der Waals surface area contributed by atoms with E-state index in [1.807, 2.05) is 13.0 Å². The number of urea groups is 1. The van der Waals surface area contributed by atoms with Crippen molar-refractivity contribution in [2.45, 2.75) is 39.7 Å². The lowest BCUT2D eigenvalue weighted by Gasteiger charge is -2.14. The summed E-state index contributed by atoms with van der Waals surface area (Å²) in [6, 6.07) is 11.4. The number of amides is 3. The van der Waals surface area contributed by atoms with Crippen molar-refractivity contribution in [3.63, 3.8) is 0 Å². The van der Waals surface area contributed by atoms with E-state index in [0.717, 1.165) is 5.69 Å². The minimum atomic E-state index is -0.448. The van der Waals surface area contributed by atoms with Crippen LogP contribution in [0.2, 0.25) is 5.02 Å². The number of aryl methyl sites for hydroxylation is 1. The number of halogens is 1. The molecule has 0 saturated heterocycles. The van der Waals surface area contributed by atoms with Gasteiger partial charge in [0, 0.05) is 48.8 Å². The predicted octanol–water partition coefficient (Wildman–Crippen LogP) is 6.21. The summed E-state index contributed by atoms with van der Waals surface area (Å²) < 4.78 is 13.2.